The van der Waals surface area contributed by atoms with E-state index in [-0.39, 0.29) is 24.0 Å². The number of methoxy groups -OCH3 is 1. The highest BCUT2D eigenvalue weighted by atomic mass is 16.7. The average molecular weight is 321 g/mol. The molecule has 1 heterocycles. The molecule has 0 aliphatic carbocycles. The summed E-state index contributed by atoms with van der Waals surface area (Å²) in [6.45, 7) is 13.0. The molecular weight excluding hydrogens is 290 g/mol. The van der Waals surface area contributed by atoms with E-state index in [1.165, 1.54) is 0 Å². The first-order chi connectivity index (χ1) is 10.8. The van der Waals surface area contributed by atoms with Gasteiger partial charge in [-0.2, -0.15) is 0 Å². The van der Waals surface area contributed by atoms with E-state index in [1.807, 2.05) is 24.3 Å². The summed E-state index contributed by atoms with van der Waals surface area (Å²) in [5.41, 5.74) is 0.778. The fraction of sp³-hybridized carbons (Fsp3) is 0.684. The van der Waals surface area contributed by atoms with Crippen LogP contribution in [0.4, 0.5) is 5.69 Å². The second-order valence-electron chi connectivity index (χ2n) is 7.60. The minimum atomic E-state index is -0.206. The predicted octanol–water partition coefficient (Wildman–Crippen LogP) is 4.51. The molecule has 0 unspecified atom stereocenters. The monoisotopic (exact) mass is 321 g/mol. The van der Waals surface area contributed by atoms with Gasteiger partial charge in [-0.05, 0) is 18.1 Å². The predicted molar refractivity (Wildman–Crippen MR) is 93.6 cm³/mol. The van der Waals surface area contributed by atoms with Gasteiger partial charge in [-0.25, -0.2) is 0 Å². The topological polar surface area (TPSA) is 39.7 Å². The van der Waals surface area contributed by atoms with Crippen molar-refractivity contribution in [2.75, 3.05) is 12.4 Å². The SMILES string of the molecule is COc1ccccc1N[C@@H]1O[C@H](C(C)C)O[C@H](C(C)C)C1(C)C. The Kier molecular flexibility index (Phi) is 5.58. The van der Waals surface area contributed by atoms with Crippen LogP contribution in [0.15, 0.2) is 24.3 Å². The summed E-state index contributed by atoms with van der Waals surface area (Å²) in [7, 11) is 1.68. The number of hydrogen-bond donors (Lipinski definition) is 1. The Balaban J connectivity index is 2.29. The van der Waals surface area contributed by atoms with Crippen molar-refractivity contribution in [2.45, 2.75) is 60.2 Å². The molecule has 3 atom stereocenters. The third kappa shape index (κ3) is 3.81. The molecule has 130 valence electrons. The molecule has 2 rings (SSSR count). The lowest BCUT2D eigenvalue weighted by molar-refractivity contribution is -0.308. The van der Waals surface area contributed by atoms with Gasteiger partial charge in [0.2, 0.25) is 0 Å². The smallest absolute Gasteiger partial charge is 0.162 e. The van der Waals surface area contributed by atoms with Gasteiger partial charge in [0.15, 0.2) is 6.29 Å². The van der Waals surface area contributed by atoms with Crippen molar-refractivity contribution < 1.29 is 14.2 Å². The molecule has 0 aromatic heterocycles. The average Bonchev–Trinajstić information content (AvgIpc) is 2.48. The minimum Gasteiger partial charge on any atom is -0.495 e. The first-order valence-electron chi connectivity index (χ1n) is 8.47. The third-order valence-electron chi connectivity index (χ3n) is 4.50. The zero-order valence-corrected chi connectivity index (χ0v) is 15.4. The number of hydrogen-bond acceptors (Lipinski definition) is 4. The molecule has 4 nitrogen and oxygen atoms in total. The maximum Gasteiger partial charge on any atom is 0.162 e. The highest BCUT2D eigenvalue weighted by molar-refractivity contribution is 5.56. The number of ether oxygens (including phenoxy) is 3. The molecule has 0 amide bonds. The van der Waals surface area contributed by atoms with E-state index < -0.39 is 0 Å². The van der Waals surface area contributed by atoms with Gasteiger partial charge in [0, 0.05) is 11.3 Å². The van der Waals surface area contributed by atoms with E-state index in [2.05, 4.69) is 46.9 Å². The summed E-state index contributed by atoms with van der Waals surface area (Å²) in [5, 5.41) is 3.53. The van der Waals surface area contributed by atoms with Crippen LogP contribution < -0.4 is 10.1 Å². The van der Waals surface area contributed by atoms with E-state index >= 15 is 0 Å². The van der Waals surface area contributed by atoms with Gasteiger partial charge in [-0.15, -0.1) is 0 Å². The second-order valence-corrected chi connectivity index (χ2v) is 7.60. The number of benzene rings is 1. The van der Waals surface area contributed by atoms with Crippen molar-refractivity contribution >= 4 is 5.69 Å². The third-order valence-corrected chi connectivity index (χ3v) is 4.50. The van der Waals surface area contributed by atoms with Crippen LogP contribution in [0.2, 0.25) is 0 Å². The van der Waals surface area contributed by atoms with E-state index in [0.717, 1.165) is 11.4 Å². The van der Waals surface area contributed by atoms with Crippen molar-refractivity contribution in [3.8, 4) is 5.75 Å². The standard InChI is InChI=1S/C19H31NO3/c1-12(2)16-19(5,6)18(23-17(22-16)13(3)4)20-14-10-8-9-11-15(14)21-7/h8-13,16-18,20H,1-7H3/t16-,17-,18-/m1/s1. The van der Waals surface area contributed by atoms with E-state index in [9.17, 15) is 0 Å². The molecule has 4 heteroatoms. The van der Waals surface area contributed by atoms with E-state index in [0.29, 0.717) is 11.8 Å². The fourth-order valence-corrected chi connectivity index (χ4v) is 3.27. The van der Waals surface area contributed by atoms with Gasteiger partial charge in [0.05, 0.1) is 18.9 Å². The van der Waals surface area contributed by atoms with Gasteiger partial charge >= 0.3 is 0 Å². The maximum absolute atomic E-state index is 6.26. The largest absolute Gasteiger partial charge is 0.495 e. The lowest BCUT2D eigenvalue weighted by atomic mass is 9.77. The normalized spacial score (nSPS) is 27.3. The Hall–Kier alpha value is -1.26. The summed E-state index contributed by atoms with van der Waals surface area (Å²) < 4.78 is 18.0. The van der Waals surface area contributed by atoms with Gasteiger partial charge < -0.3 is 19.5 Å². The van der Waals surface area contributed by atoms with Crippen molar-refractivity contribution in [3.05, 3.63) is 24.3 Å². The first-order valence-corrected chi connectivity index (χ1v) is 8.47. The van der Waals surface area contributed by atoms with Crippen LogP contribution in [0.3, 0.4) is 0 Å². The fourth-order valence-electron chi connectivity index (χ4n) is 3.27. The van der Waals surface area contributed by atoms with Crippen LogP contribution in [0.1, 0.15) is 41.5 Å². The highest BCUT2D eigenvalue weighted by Crippen LogP contribution is 2.42. The van der Waals surface area contributed by atoms with Gasteiger partial charge in [0.25, 0.3) is 0 Å². The minimum absolute atomic E-state index is 0.121. The van der Waals surface area contributed by atoms with Crippen molar-refractivity contribution in [1.82, 2.24) is 0 Å². The Morgan fingerprint density at radius 2 is 1.70 bits per heavy atom. The number of nitrogens with one attached hydrogen (secondary N) is 1. The molecule has 1 aliphatic rings. The number of anilines is 1. The van der Waals surface area contributed by atoms with Crippen molar-refractivity contribution in [1.29, 1.82) is 0 Å². The summed E-state index contributed by atoms with van der Waals surface area (Å²) in [6, 6.07) is 7.93. The second kappa shape index (κ2) is 7.10. The first kappa shape index (κ1) is 18.1. The summed E-state index contributed by atoms with van der Waals surface area (Å²) in [5.74, 6) is 1.53. The molecular formula is C19H31NO3. The molecule has 1 N–H and O–H groups in total. The van der Waals surface area contributed by atoms with Gasteiger partial charge in [-0.3, -0.25) is 0 Å². The quantitative estimate of drug-likeness (QED) is 0.866. The number of para-hydroxylation sites is 2. The van der Waals surface area contributed by atoms with Gasteiger partial charge in [0.1, 0.15) is 12.0 Å². The Morgan fingerprint density at radius 1 is 1.04 bits per heavy atom. The maximum atomic E-state index is 6.26. The summed E-state index contributed by atoms with van der Waals surface area (Å²) in [6.07, 6.45) is -0.231. The van der Waals surface area contributed by atoms with Gasteiger partial charge in [-0.1, -0.05) is 53.7 Å². The lowest BCUT2D eigenvalue weighted by Gasteiger charge is -2.50. The van der Waals surface area contributed by atoms with Crippen molar-refractivity contribution in [2.24, 2.45) is 17.3 Å². The molecule has 23 heavy (non-hydrogen) atoms. The summed E-state index contributed by atoms with van der Waals surface area (Å²) >= 11 is 0. The van der Waals surface area contributed by atoms with E-state index in [1.54, 1.807) is 7.11 Å². The molecule has 0 saturated carbocycles. The zero-order chi connectivity index (χ0) is 17.2. The van der Waals surface area contributed by atoms with Crippen LogP contribution in [-0.2, 0) is 9.47 Å². The molecule has 1 aliphatic heterocycles. The molecule has 0 bridgehead atoms. The van der Waals surface area contributed by atoms with Crippen LogP contribution in [-0.4, -0.2) is 25.7 Å². The zero-order valence-electron chi connectivity index (χ0n) is 15.4. The molecule has 0 spiro atoms. The van der Waals surface area contributed by atoms with Crippen LogP contribution in [0.25, 0.3) is 0 Å². The Morgan fingerprint density at radius 3 is 2.26 bits per heavy atom. The Labute approximate surface area is 140 Å². The molecule has 0 radical (unpaired) electrons. The lowest BCUT2D eigenvalue weighted by Crippen LogP contribution is -2.57. The highest BCUT2D eigenvalue weighted by Gasteiger charge is 2.47. The summed E-state index contributed by atoms with van der Waals surface area (Å²) in [4.78, 5) is 0. The molecule has 1 fully saturated rings. The molecule has 1 saturated heterocycles. The number of rotatable bonds is 5. The Bertz CT molecular complexity index is 513. The van der Waals surface area contributed by atoms with Crippen LogP contribution in [0, 0.1) is 17.3 Å². The van der Waals surface area contributed by atoms with Crippen LogP contribution in [0.5, 0.6) is 5.75 Å². The van der Waals surface area contributed by atoms with Crippen molar-refractivity contribution in [3.63, 3.8) is 0 Å². The van der Waals surface area contributed by atoms with Crippen LogP contribution >= 0.6 is 0 Å². The van der Waals surface area contributed by atoms with E-state index in [4.69, 9.17) is 14.2 Å². The molecule has 1 aromatic carbocycles. The molecule has 1 aromatic rings.